The zero-order valence-corrected chi connectivity index (χ0v) is 21.8. The number of benzene rings is 2. The van der Waals surface area contributed by atoms with Gasteiger partial charge in [0.1, 0.15) is 5.82 Å². The number of ketones is 1. The van der Waals surface area contributed by atoms with E-state index in [4.69, 9.17) is 0 Å². The monoisotopic (exact) mass is 587 g/mol. The third-order valence-electron chi connectivity index (χ3n) is 5.24. The Morgan fingerprint density at radius 2 is 1.94 bits per heavy atom. The molecule has 3 heterocycles. The Morgan fingerprint density at radius 3 is 2.66 bits per heavy atom. The summed E-state index contributed by atoms with van der Waals surface area (Å²) in [6.07, 6.45) is 0. The van der Waals surface area contributed by atoms with Crippen LogP contribution in [0.2, 0.25) is 0 Å². The zero-order valence-electron chi connectivity index (χ0n) is 17.7. The first-order valence-corrected chi connectivity index (χ1v) is 13.7. The Morgan fingerprint density at radius 1 is 1.14 bits per heavy atom. The van der Waals surface area contributed by atoms with Crippen molar-refractivity contribution in [1.29, 1.82) is 0 Å². The maximum absolute atomic E-state index is 13.3. The molecule has 2 aromatic carbocycles. The van der Waals surface area contributed by atoms with Crippen LogP contribution >= 0.6 is 50.4 Å². The molecule has 6 nitrogen and oxygen atoms in total. The van der Waals surface area contributed by atoms with Crippen LogP contribution in [0.15, 0.2) is 86.2 Å². The molecule has 11 heteroatoms. The summed E-state index contributed by atoms with van der Waals surface area (Å²) in [5, 5.41) is 21.2. The minimum Gasteiger partial charge on any atom is -0.503 e. The third-order valence-corrected chi connectivity index (χ3v) is 8.73. The average molecular weight is 589 g/mol. The molecular weight excluding hydrogens is 573 g/mol. The normalized spacial score (nSPS) is 15.8. The standard InChI is InChI=1S/C24H15BrFN3O3S3/c25-15-4-1-3-14(11-15)19-18(20(30)17-5-2-10-33-17)21(31)22(32)29(19)23-27-28-24(35-23)34-12-13-6-8-16(26)9-7-13/h1-11,19,31H,12H2. The van der Waals surface area contributed by atoms with Gasteiger partial charge in [-0.05, 0) is 46.8 Å². The van der Waals surface area contributed by atoms with Gasteiger partial charge in [0.2, 0.25) is 10.9 Å². The first-order valence-electron chi connectivity index (χ1n) is 10.2. The lowest BCUT2D eigenvalue weighted by Crippen LogP contribution is -2.31. The molecule has 1 amide bonds. The van der Waals surface area contributed by atoms with Gasteiger partial charge in [0.15, 0.2) is 10.1 Å². The van der Waals surface area contributed by atoms with Crippen LogP contribution in [0.4, 0.5) is 9.52 Å². The van der Waals surface area contributed by atoms with E-state index in [1.165, 1.54) is 51.5 Å². The van der Waals surface area contributed by atoms with E-state index >= 15 is 0 Å². The molecule has 1 aliphatic heterocycles. The first kappa shape index (κ1) is 23.9. The highest BCUT2D eigenvalue weighted by Crippen LogP contribution is 2.44. The molecule has 1 unspecified atom stereocenters. The van der Waals surface area contributed by atoms with Crippen LogP contribution in [0.5, 0.6) is 0 Å². The van der Waals surface area contributed by atoms with E-state index in [9.17, 15) is 19.1 Å². The smallest absolute Gasteiger partial charge is 0.296 e. The van der Waals surface area contributed by atoms with Crippen LogP contribution in [0.1, 0.15) is 26.8 Å². The number of carbonyl (C=O) groups excluding carboxylic acids is 2. The van der Waals surface area contributed by atoms with E-state index in [1.807, 2.05) is 6.07 Å². The van der Waals surface area contributed by atoms with Crippen LogP contribution < -0.4 is 4.90 Å². The van der Waals surface area contributed by atoms with Crippen molar-refractivity contribution in [3.8, 4) is 0 Å². The Balaban J connectivity index is 1.48. The molecule has 0 saturated carbocycles. The Bertz CT molecular complexity index is 1440. The molecule has 176 valence electrons. The van der Waals surface area contributed by atoms with Gasteiger partial charge in [-0.3, -0.25) is 14.5 Å². The van der Waals surface area contributed by atoms with Crippen molar-refractivity contribution in [3.63, 3.8) is 0 Å². The summed E-state index contributed by atoms with van der Waals surface area (Å²) >= 11 is 7.27. The van der Waals surface area contributed by atoms with Crippen LogP contribution in [0.25, 0.3) is 0 Å². The zero-order chi connectivity index (χ0) is 24.5. The van der Waals surface area contributed by atoms with Gasteiger partial charge < -0.3 is 5.11 Å². The summed E-state index contributed by atoms with van der Waals surface area (Å²) in [4.78, 5) is 28.3. The predicted octanol–water partition coefficient (Wildman–Crippen LogP) is 6.58. The number of Topliss-reactive ketones (excluding diaryl/α,β-unsaturated/α-hetero) is 1. The number of carbonyl (C=O) groups is 2. The molecule has 0 bridgehead atoms. The predicted molar refractivity (Wildman–Crippen MR) is 139 cm³/mol. The number of nitrogens with zero attached hydrogens (tertiary/aromatic N) is 3. The summed E-state index contributed by atoms with van der Waals surface area (Å²) in [6, 6.07) is 16.0. The number of hydrogen-bond acceptors (Lipinski definition) is 8. The number of aliphatic hydroxyl groups excluding tert-OH is 1. The van der Waals surface area contributed by atoms with Gasteiger partial charge in [-0.2, -0.15) is 0 Å². The SMILES string of the molecule is O=C(C1=C(O)C(=O)N(c2nnc(SCc3ccc(F)cc3)s2)C1c1cccc(Br)c1)c1cccs1. The molecule has 1 N–H and O–H groups in total. The molecule has 5 rings (SSSR count). The van der Waals surface area contributed by atoms with Crippen LogP contribution in [-0.2, 0) is 10.5 Å². The van der Waals surface area contributed by atoms with Gasteiger partial charge in [-0.1, -0.05) is 69.4 Å². The quantitative estimate of drug-likeness (QED) is 0.149. The maximum atomic E-state index is 13.3. The number of thiophene rings is 1. The first-order chi connectivity index (χ1) is 16.9. The summed E-state index contributed by atoms with van der Waals surface area (Å²) in [7, 11) is 0. The number of aliphatic hydroxyl groups is 1. The summed E-state index contributed by atoms with van der Waals surface area (Å²) in [5.41, 5.74) is 1.57. The van der Waals surface area contributed by atoms with Crippen molar-refractivity contribution >= 4 is 67.2 Å². The fourth-order valence-corrected chi connectivity index (χ4v) is 6.57. The van der Waals surface area contributed by atoms with Crippen molar-refractivity contribution in [1.82, 2.24) is 10.2 Å². The van der Waals surface area contributed by atoms with E-state index in [0.717, 1.165) is 10.0 Å². The van der Waals surface area contributed by atoms with Crippen LogP contribution in [0.3, 0.4) is 0 Å². The van der Waals surface area contributed by atoms with Crippen molar-refractivity contribution in [2.45, 2.75) is 16.1 Å². The molecular formula is C24H15BrFN3O3S3. The van der Waals surface area contributed by atoms with Gasteiger partial charge in [0.05, 0.1) is 16.5 Å². The van der Waals surface area contributed by atoms with Crippen LogP contribution in [0, 0.1) is 5.82 Å². The number of aromatic nitrogens is 2. The van der Waals surface area contributed by atoms with Crippen molar-refractivity contribution in [2.75, 3.05) is 4.90 Å². The van der Waals surface area contributed by atoms with Crippen molar-refractivity contribution in [3.05, 3.63) is 104 Å². The Labute approximate surface area is 220 Å². The molecule has 1 aliphatic rings. The molecule has 0 saturated heterocycles. The number of amides is 1. The highest BCUT2D eigenvalue weighted by Gasteiger charge is 2.46. The third kappa shape index (κ3) is 4.81. The van der Waals surface area contributed by atoms with Gasteiger partial charge in [-0.15, -0.1) is 21.5 Å². The van der Waals surface area contributed by atoms with Gasteiger partial charge in [0.25, 0.3) is 5.91 Å². The molecule has 35 heavy (non-hydrogen) atoms. The fourth-order valence-electron chi connectivity index (χ4n) is 3.65. The Kier molecular flexibility index (Phi) is 6.83. The molecule has 0 spiro atoms. The van der Waals surface area contributed by atoms with Crippen LogP contribution in [-0.4, -0.2) is 27.0 Å². The second-order valence-electron chi connectivity index (χ2n) is 7.47. The topological polar surface area (TPSA) is 83.4 Å². The van der Waals surface area contributed by atoms with E-state index in [0.29, 0.717) is 20.5 Å². The van der Waals surface area contributed by atoms with Crippen molar-refractivity contribution < 1.29 is 19.1 Å². The number of anilines is 1. The number of hydrogen-bond donors (Lipinski definition) is 1. The minimum absolute atomic E-state index is 0.00580. The molecule has 0 fully saturated rings. The van der Waals surface area contributed by atoms with Gasteiger partial charge >= 0.3 is 0 Å². The molecule has 2 aromatic heterocycles. The molecule has 0 aliphatic carbocycles. The highest BCUT2D eigenvalue weighted by atomic mass is 79.9. The van der Waals surface area contributed by atoms with Gasteiger partial charge in [0, 0.05) is 10.2 Å². The number of thioether (sulfide) groups is 1. The summed E-state index contributed by atoms with van der Waals surface area (Å²) in [6.45, 7) is 0. The van der Waals surface area contributed by atoms with E-state index < -0.39 is 23.5 Å². The highest BCUT2D eigenvalue weighted by molar-refractivity contribution is 9.10. The molecule has 0 radical (unpaired) electrons. The second-order valence-corrected chi connectivity index (χ2v) is 11.5. The molecule has 4 aromatic rings. The van der Waals surface area contributed by atoms with E-state index in [1.54, 1.807) is 47.8 Å². The lowest BCUT2D eigenvalue weighted by molar-refractivity contribution is -0.117. The van der Waals surface area contributed by atoms with E-state index in [-0.39, 0.29) is 16.5 Å². The number of halogens is 2. The molecule has 1 atom stereocenters. The fraction of sp³-hybridized carbons (Fsp3) is 0.0833. The number of rotatable bonds is 7. The Hall–Kier alpha value is -2.86. The summed E-state index contributed by atoms with van der Waals surface area (Å²) < 4.78 is 14.5. The second kappa shape index (κ2) is 10.0. The lowest BCUT2D eigenvalue weighted by atomic mass is 9.96. The minimum atomic E-state index is -0.863. The van der Waals surface area contributed by atoms with E-state index in [2.05, 4.69) is 26.1 Å². The maximum Gasteiger partial charge on any atom is 0.296 e. The lowest BCUT2D eigenvalue weighted by Gasteiger charge is -2.24. The largest absolute Gasteiger partial charge is 0.503 e. The van der Waals surface area contributed by atoms with Crippen molar-refractivity contribution in [2.24, 2.45) is 0 Å². The van der Waals surface area contributed by atoms with Gasteiger partial charge in [-0.25, -0.2) is 4.39 Å². The average Bonchev–Trinajstić information content (AvgIpc) is 3.59. The summed E-state index contributed by atoms with van der Waals surface area (Å²) in [5.74, 6) is -1.47.